The lowest BCUT2D eigenvalue weighted by Crippen LogP contribution is -1.88. The lowest BCUT2D eigenvalue weighted by molar-refractivity contribution is 0.372. The molecule has 1 unspecified atom stereocenters. The monoisotopic (exact) mass is 120 g/mol. The maximum absolute atomic E-state index is 8.33. The van der Waals surface area contributed by atoms with E-state index < -0.39 is 0 Å². The fourth-order valence-corrected chi connectivity index (χ4v) is 1.06. The van der Waals surface area contributed by atoms with Crippen molar-refractivity contribution in [3.05, 3.63) is 0 Å². The summed E-state index contributed by atoms with van der Waals surface area (Å²) in [5, 5.41) is 8.33. The van der Waals surface area contributed by atoms with Gasteiger partial charge in [-0.05, 0) is 12.1 Å². The highest BCUT2D eigenvalue weighted by molar-refractivity contribution is 7.37. The van der Waals surface area contributed by atoms with E-state index in [9.17, 15) is 0 Å². The summed E-state index contributed by atoms with van der Waals surface area (Å²) in [5.41, 5.74) is 0. The molecule has 1 nitrogen and oxygen atoms in total. The molecule has 44 valence electrons. The second-order valence-electron chi connectivity index (χ2n) is 2.01. The van der Waals surface area contributed by atoms with Crippen molar-refractivity contribution in [3.63, 3.8) is 0 Å². The van der Waals surface area contributed by atoms with Gasteiger partial charge < -0.3 is 5.11 Å². The maximum atomic E-state index is 8.33. The van der Waals surface area contributed by atoms with E-state index >= 15 is 0 Å². The van der Waals surface area contributed by atoms with Crippen LogP contribution in [0.15, 0.2) is 0 Å². The first kappa shape index (κ1) is 7.39. The van der Waals surface area contributed by atoms with Crippen molar-refractivity contribution >= 4 is 8.58 Å². The molecule has 2 heteroatoms. The number of hydrogen-bond acceptors (Lipinski definition) is 1. The Labute approximate surface area is 46.9 Å². The Morgan fingerprint density at radius 3 is 2.29 bits per heavy atom. The summed E-state index contributed by atoms with van der Waals surface area (Å²) >= 11 is 0. The summed E-state index contributed by atoms with van der Waals surface area (Å²) in [6, 6.07) is 0. The summed E-state index contributed by atoms with van der Waals surface area (Å²) < 4.78 is 0. The predicted octanol–water partition coefficient (Wildman–Crippen LogP) is 1.27. The van der Waals surface area contributed by atoms with Crippen molar-refractivity contribution in [2.24, 2.45) is 5.92 Å². The van der Waals surface area contributed by atoms with E-state index in [0.717, 1.165) is 14.5 Å². The molecule has 0 heterocycles. The highest BCUT2D eigenvalue weighted by atomic mass is 31.1. The third-order valence-electron chi connectivity index (χ3n) is 0.664. The molecule has 1 atom stereocenters. The van der Waals surface area contributed by atoms with Crippen LogP contribution in [0.2, 0.25) is 0 Å². The van der Waals surface area contributed by atoms with Crippen LogP contribution < -0.4 is 0 Å². The van der Waals surface area contributed by atoms with Crippen molar-refractivity contribution in [1.29, 1.82) is 0 Å². The minimum Gasteiger partial charge on any atom is -0.392 e. The molecule has 0 spiro atoms. The van der Waals surface area contributed by atoms with E-state index in [1.807, 2.05) is 0 Å². The van der Waals surface area contributed by atoms with Gasteiger partial charge in [-0.1, -0.05) is 22.4 Å². The molecule has 0 saturated heterocycles. The molecule has 0 fully saturated rings. The second-order valence-corrected chi connectivity index (χ2v) is 3.23. The van der Waals surface area contributed by atoms with Gasteiger partial charge >= 0.3 is 0 Å². The zero-order valence-corrected chi connectivity index (χ0v) is 5.94. The van der Waals surface area contributed by atoms with Crippen LogP contribution in [0.25, 0.3) is 0 Å². The van der Waals surface area contributed by atoms with E-state index in [1.165, 1.54) is 6.16 Å². The van der Waals surface area contributed by atoms with E-state index in [1.54, 1.807) is 0 Å². The third kappa shape index (κ3) is 6.39. The van der Waals surface area contributed by atoms with Gasteiger partial charge in [-0.2, -0.15) is 0 Å². The lowest BCUT2D eigenvalue weighted by Gasteiger charge is -1.98. The predicted molar refractivity (Wildman–Crippen MR) is 35.1 cm³/mol. The fourth-order valence-electron chi connectivity index (χ4n) is 0.353. The van der Waals surface area contributed by atoms with Crippen LogP contribution in [0.1, 0.15) is 13.8 Å². The normalized spacial score (nSPS) is 12.0. The first-order valence-corrected chi connectivity index (χ1v) is 4.00. The van der Waals surface area contributed by atoms with Gasteiger partial charge in [0.05, 0.1) is 6.35 Å². The first-order valence-electron chi connectivity index (χ1n) is 2.59. The summed E-state index contributed by atoms with van der Waals surface area (Å²) in [5.74, 6) is 0.755. The van der Waals surface area contributed by atoms with E-state index in [-0.39, 0.29) is 0 Å². The zero-order chi connectivity index (χ0) is 5.70. The van der Waals surface area contributed by atoms with Gasteiger partial charge in [-0.15, -0.1) is 0 Å². The highest BCUT2D eigenvalue weighted by Gasteiger charge is 1.89. The quantitative estimate of drug-likeness (QED) is 0.556. The topological polar surface area (TPSA) is 20.2 Å². The molecule has 0 aliphatic carbocycles. The van der Waals surface area contributed by atoms with Crippen LogP contribution in [0, 0.1) is 5.92 Å². The van der Waals surface area contributed by atoms with Crippen molar-refractivity contribution in [1.82, 2.24) is 0 Å². The van der Waals surface area contributed by atoms with Crippen LogP contribution in [-0.4, -0.2) is 17.6 Å². The van der Waals surface area contributed by atoms with Gasteiger partial charge in [0, 0.05) is 0 Å². The summed E-state index contributed by atoms with van der Waals surface area (Å²) in [4.78, 5) is 0. The number of hydrogen-bond donors (Lipinski definition) is 1. The zero-order valence-electron chi connectivity index (χ0n) is 4.94. The summed E-state index contributed by atoms with van der Waals surface area (Å²) in [6.07, 6.45) is 1.55. The molecule has 0 rings (SSSR count). The van der Waals surface area contributed by atoms with Gasteiger partial charge in [0.15, 0.2) is 0 Å². The van der Waals surface area contributed by atoms with Crippen LogP contribution in [0.5, 0.6) is 0 Å². The number of rotatable bonds is 3. The molecule has 0 saturated carbocycles. The van der Waals surface area contributed by atoms with E-state index in [2.05, 4.69) is 13.8 Å². The average Bonchev–Trinajstić information content (AvgIpc) is 1.61. The molecule has 7 heavy (non-hydrogen) atoms. The largest absolute Gasteiger partial charge is 0.392 e. The van der Waals surface area contributed by atoms with Gasteiger partial charge in [0.1, 0.15) is 0 Å². The standard InChI is InChI=1S/C5H13OP/c1-5(2)3-7-4-6/h5-7H,3-4H2,1-2H3. The molecule has 0 aromatic carbocycles. The van der Waals surface area contributed by atoms with Crippen LogP contribution in [-0.2, 0) is 0 Å². The smallest absolute Gasteiger partial charge is 0.0596 e. The Hall–Kier alpha value is 0.390. The summed E-state index contributed by atoms with van der Waals surface area (Å²) in [7, 11) is 0.751. The Morgan fingerprint density at radius 1 is 1.57 bits per heavy atom. The minimum atomic E-state index is 0.373. The molecular formula is C5H13OP. The van der Waals surface area contributed by atoms with Gasteiger partial charge in [0.2, 0.25) is 0 Å². The molecule has 0 aromatic heterocycles. The van der Waals surface area contributed by atoms with Gasteiger partial charge in [0.25, 0.3) is 0 Å². The minimum absolute atomic E-state index is 0.373. The Morgan fingerprint density at radius 2 is 2.14 bits per heavy atom. The fraction of sp³-hybridized carbons (Fsp3) is 1.00. The maximum Gasteiger partial charge on any atom is 0.0596 e. The molecule has 0 bridgehead atoms. The molecular weight excluding hydrogens is 107 g/mol. The number of aliphatic hydroxyl groups is 1. The molecule has 0 aliphatic heterocycles. The first-order chi connectivity index (χ1) is 3.27. The van der Waals surface area contributed by atoms with Gasteiger partial charge in [-0.3, -0.25) is 0 Å². The van der Waals surface area contributed by atoms with Crippen LogP contribution in [0.3, 0.4) is 0 Å². The number of aliphatic hydroxyl groups excluding tert-OH is 1. The van der Waals surface area contributed by atoms with E-state index in [4.69, 9.17) is 5.11 Å². The van der Waals surface area contributed by atoms with Crippen molar-refractivity contribution in [2.75, 3.05) is 12.5 Å². The van der Waals surface area contributed by atoms with E-state index in [0.29, 0.717) is 6.35 Å². The average molecular weight is 120 g/mol. The highest BCUT2D eigenvalue weighted by Crippen LogP contribution is 2.11. The summed E-state index contributed by atoms with van der Waals surface area (Å²) in [6.45, 7) is 4.34. The molecule has 0 amide bonds. The Balaban J connectivity index is 2.68. The molecule has 1 N–H and O–H groups in total. The van der Waals surface area contributed by atoms with Crippen molar-refractivity contribution in [2.45, 2.75) is 13.8 Å². The van der Waals surface area contributed by atoms with Gasteiger partial charge in [-0.25, -0.2) is 0 Å². The SMILES string of the molecule is CC(C)CPCO. The van der Waals surface area contributed by atoms with Crippen molar-refractivity contribution in [3.8, 4) is 0 Å². The lowest BCUT2D eigenvalue weighted by atomic mass is 10.3. The molecule has 0 aliphatic rings. The van der Waals surface area contributed by atoms with Crippen molar-refractivity contribution < 1.29 is 5.11 Å². The van der Waals surface area contributed by atoms with Crippen LogP contribution in [0.4, 0.5) is 0 Å². The second kappa shape index (κ2) is 4.55. The van der Waals surface area contributed by atoms with Crippen LogP contribution >= 0.6 is 8.58 Å². The third-order valence-corrected chi connectivity index (χ3v) is 1.99. The molecule has 0 aromatic rings. The Kier molecular flexibility index (Phi) is 4.80. The molecule has 0 radical (unpaired) electrons. The Bertz CT molecular complexity index is 37.1.